The fourth-order valence-corrected chi connectivity index (χ4v) is 4.14. The van der Waals surface area contributed by atoms with Gasteiger partial charge in [-0.3, -0.25) is 0 Å². The molecule has 0 aliphatic rings. The molecule has 0 spiro atoms. The Hall–Kier alpha value is -1.83. The molecule has 0 saturated carbocycles. The van der Waals surface area contributed by atoms with Crippen molar-refractivity contribution in [2.75, 3.05) is 0 Å². The zero-order chi connectivity index (χ0) is 19.7. The van der Waals surface area contributed by atoms with E-state index in [0.29, 0.717) is 0 Å². The first-order valence-electron chi connectivity index (χ1n) is 9.04. The van der Waals surface area contributed by atoms with Crippen LogP contribution in [-0.4, -0.2) is 15.1 Å². The van der Waals surface area contributed by atoms with Crippen molar-refractivity contribution >= 4 is 38.5 Å². The van der Waals surface area contributed by atoms with Crippen LogP contribution in [0.25, 0.3) is 0 Å². The number of aromatic nitrogens is 2. The van der Waals surface area contributed by atoms with Crippen molar-refractivity contribution in [1.82, 2.24) is 9.97 Å². The molecule has 2 atom stereocenters. The summed E-state index contributed by atoms with van der Waals surface area (Å²) in [5, 5.41) is 10.8. The fraction of sp³-hybridized carbons (Fsp3) is 0.130. The van der Waals surface area contributed by atoms with Crippen molar-refractivity contribution in [1.29, 1.82) is 0 Å². The topological polar surface area (TPSA) is 51.8 Å². The average Bonchev–Trinajstić information content (AvgIpc) is 3.33. The Kier molecular flexibility index (Phi) is 5.75. The van der Waals surface area contributed by atoms with Crippen LogP contribution in [0.5, 0.6) is 0 Å². The number of rotatable bonds is 5. The van der Waals surface area contributed by atoms with Crippen molar-refractivity contribution in [2.45, 2.75) is 18.9 Å². The molecular formula is C23H20BrIN2O. The van der Waals surface area contributed by atoms with E-state index in [4.69, 9.17) is 0 Å². The van der Waals surface area contributed by atoms with E-state index < -0.39 is 6.10 Å². The fourth-order valence-electron chi connectivity index (χ4n) is 3.42. The molecular weight excluding hydrogens is 527 g/mol. The number of H-pyrrole nitrogens is 2. The number of nitrogens with one attached hydrogen (secondary N) is 2. The lowest BCUT2D eigenvalue weighted by molar-refractivity contribution is 0.216. The molecule has 0 amide bonds. The normalized spacial score (nSPS) is 13.4. The summed E-state index contributed by atoms with van der Waals surface area (Å²) in [4.78, 5) is 6.86. The number of aliphatic hydroxyl groups excluding tert-OH is 1. The summed E-state index contributed by atoms with van der Waals surface area (Å²) in [6.07, 6.45) is -0.679. The summed E-state index contributed by atoms with van der Waals surface area (Å²) >= 11 is 5.83. The number of benzene rings is 2. The van der Waals surface area contributed by atoms with E-state index in [-0.39, 0.29) is 5.92 Å². The minimum Gasteiger partial charge on any atom is -0.382 e. The van der Waals surface area contributed by atoms with Gasteiger partial charge < -0.3 is 15.1 Å². The SMILES string of the molecule is Cc1ccc(C(O)c2ccc(C(c3ccc(I)cc3)c3ccc(Br)[nH]3)[nH]2)cc1. The number of hydrogen-bond acceptors (Lipinski definition) is 1. The number of aromatic amines is 2. The first-order chi connectivity index (χ1) is 13.5. The first kappa shape index (κ1) is 19.5. The third kappa shape index (κ3) is 4.11. The minimum absolute atomic E-state index is 0.0299. The van der Waals surface area contributed by atoms with E-state index in [1.165, 1.54) is 14.7 Å². The zero-order valence-corrected chi connectivity index (χ0v) is 19.0. The summed E-state index contributed by atoms with van der Waals surface area (Å²) in [5.41, 5.74) is 6.17. The molecule has 0 bridgehead atoms. The van der Waals surface area contributed by atoms with E-state index >= 15 is 0 Å². The molecule has 5 heteroatoms. The monoisotopic (exact) mass is 546 g/mol. The number of aryl methyl sites for hydroxylation is 1. The molecule has 4 aromatic rings. The molecule has 2 heterocycles. The van der Waals surface area contributed by atoms with Crippen LogP contribution in [0.4, 0.5) is 0 Å². The van der Waals surface area contributed by atoms with E-state index in [0.717, 1.165) is 27.2 Å². The van der Waals surface area contributed by atoms with Gasteiger partial charge in [-0.25, -0.2) is 0 Å². The van der Waals surface area contributed by atoms with Crippen molar-refractivity contribution < 1.29 is 5.11 Å². The molecule has 0 fully saturated rings. The van der Waals surface area contributed by atoms with Gasteiger partial charge in [0.05, 0.1) is 10.5 Å². The van der Waals surface area contributed by atoms with Gasteiger partial charge >= 0.3 is 0 Å². The highest BCUT2D eigenvalue weighted by atomic mass is 127. The Morgan fingerprint density at radius 1 is 0.750 bits per heavy atom. The van der Waals surface area contributed by atoms with Gasteiger partial charge in [0.2, 0.25) is 0 Å². The number of hydrogen-bond donors (Lipinski definition) is 3. The van der Waals surface area contributed by atoms with E-state index in [2.05, 4.69) is 84.9 Å². The Morgan fingerprint density at radius 2 is 1.32 bits per heavy atom. The molecule has 2 unspecified atom stereocenters. The lowest BCUT2D eigenvalue weighted by atomic mass is 9.93. The molecule has 3 N–H and O–H groups in total. The highest BCUT2D eigenvalue weighted by Gasteiger charge is 2.22. The van der Waals surface area contributed by atoms with Crippen LogP contribution in [0, 0.1) is 10.5 Å². The van der Waals surface area contributed by atoms with Crippen molar-refractivity contribution in [3.63, 3.8) is 0 Å². The smallest absolute Gasteiger partial charge is 0.119 e. The Morgan fingerprint density at radius 3 is 1.96 bits per heavy atom. The summed E-state index contributed by atoms with van der Waals surface area (Å²) < 4.78 is 2.15. The van der Waals surface area contributed by atoms with E-state index in [1.54, 1.807) is 0 Å². The van der Waals surface area contributed by atoms with Crippen molar-refractivity contribution in [3.8, 4) is 0 Å². The van der Waals surface area contributed by atoms with E-state index in [1.807, 2.05) is 43.3 Å². The predicted molar refractivity (Wildman–Crippen MR) is 125 cm³/mol. The van der Waals surface area contributed by atoms with Gasteiger partial charge in [0.15, 0.2) is 0 Å². The second-order valence-corrected chi connectivity index (χ2v) is 9.03. The van der Waals surface area contributed by atoms with Gasteiger partial charge in [0, 0.05) is 20.7 Å². The zero-order valence-electron chi connectivity index (χ0n) is 15.3. The summed E-state index contributed by atoms with van der Waals surface area (Å²) in [6, 6.07) is 24.7. The van der Waals surface area contributed by atoms with Crippen LogP contribution >= 0.6 is 38.5 Å². The second kappa shape index (κ2) is 8.27. The maximum Gasteiger partial charge on any atom is 0.119 e. The summed E-state index contributed by atoms with van der Waals surface area (Å²) in [5.74, 6) is 0.0299. The predicted octanol–water partition coefficient (Wildman–Crippen LogP) is 6.28. The van der Waals surface area contributed by atoms with Crippen LogP contribution in [0.15, 0.2) is 77.4 Å². The molecule has 3 nitrogen and oxygen atoms in total. The standard InChI is InChI=1S/C23H20BrIN2O/c1-14-2-4-16(5-3-14)23(28)20-11-10-18(26-20)22(19-12-13-21(24)27-19)15-6-8-17(25)9-7-15/h2-13,22-23,26-28H,1H3. The van der Waals surface area contributed by atoms with Crippen molar-refractivity contribution in [3.05, 3.63) is 115 Å². The lowest BCUT2D eigenvalue weighted by Gasteiger charge is -2.16. The summed E-state index contributed by atoms with van der Waals surface area (Å²) in [6.45, 7) is 2.04. The van der Waals surface area contributed by atoms with Gasteiger partial charge in [-0.1, -0.05) is 42.0 Å². The Bertz CT molecular complexity index is 1070. The third-order valence-electron chi connectivity index (χ3n) is 4.92. The van der Waals surface area contributed by atoms with Gasteiger partial charge in [0.1, 0.15) is 6.10 Å². The molecule has 0 saturated heterocycles. The number of halogens is 2. The average molecular weight is 547 g/mol. The van der Waals surface area contributed by atoms with Gasteiger partial charge in [0.25, 0.3) is 0 Å². The molecule has 0 radical (unpaired) electrons. The highest BCUT2D eigenvalue weighted by Crippen LogP contribution is 2.33. The maximum absolute atomic E-state index is 10.8. The van der Waals surface area contributed by atoms with Crippen LogP contribution in [0.2, 0.25) is 0 Å². The van der Waals surface area contributed by atoms with Crippen LogP contribution in [-0.2, 0) is 0 Å². The van der Waals surface area contributed by atoms with Crippen molar-refractivity contribution in [2.24, 2.45) is 0 Å². The first-order valence-corrected chi connectivity index (χ1v) is 10.9. The Balaban J connectivity index is 1.71. The van der Waals surface area contributed by atoms with Gasteiger partial charge in [-0.05, 0) is 93.0 Å². The van der Waals surface area contributed by atoms with Crippen LogP contribution in [0.1, 0.15) is 45.8 Å². The van der Waals surface area contributed by atoms with Crippen LogP contribution < -0.4 is 0 Å². The molecule has 142 valence electrons. The largest absolute Gasteiger partial charge is 0.382 e. The minimum atomic E-state index is -0.679. The highest BCUT2D eigenvalue weighted by molar-refractivity contribution is 14.1. The molecule has 28 heavy (non-hydrogen) atoms. The van der Waals surface area contributed by atoms with Gasteiger partial charge in [-0.15, -0.1) is 0 Å². The molecule has 4 rings (SSSR count). The summed E-state index contributed by atoms with van der Waals surface area (Å²) in [7, 11) is 0. The quantitative estimate of drug-likeness (QED) is 0.253. The van der Waals surface area contributed by atoms with Crippen LogP contribution in [0.3, 0.4) is 0 Å². The van der Waals surface area contributed by atoms with Gasteiger partial charge in [-0.2, -0.15) is 0 Å². The molecule has 2 aromatic carbocycles. The lowest BCUT2D eigenvalue weighted by Crippen LogP contribution is -2.06. The second-order valence-electron chi connectivity index (χ2n) is 6.93. The third-order valence-corrected chi connectivity index (χ3v) is 6.10. The maximum atomic E-state index is 10.8. The Labute approximate surface area is 186 Å². The number of aliphatic hydroxyl groups is 1. The van der Waals surface area contributed by atoms with E-state index in [9.17, 15) is 5.11 Å². The molecule has 0 aliphatic heterocycles. The molecule has 0 aliphatic carbocycles. The molecule has 2 aromatic heterocycles.